The Hall–Kier alpha value is -2.98. The molecule has 1 fully saturated rings. The van der Waals surface area contributed by atoms with Crippen LogP contribution >= 0.6 is 23.2 Å². The summed E-state index contributed by atoms with van der Waals surface area (Å²) in [4.78, 5) is 35.8. The van der Waals surface area contributed by atoms with Crippen molar-refractivity contribution in [2.24, 2.45) is 7.05 Å². The minimum Gasteiger partial charge on any atom is -0.377 e. The first-order valence-corrected chi connectivity index (χ1v) is 10.5. The molecule has 1 N–H and O–H groups in total. The Labute approximate surface area is 192 Å². The van der Waals surface area contributed by atoms with E-state index in [0.717, 1.165) is 31.0 Å². The summed E-state index contributed by atoms with van der Waals surface area (Å²) in [6.45, 7) is 3.11. The van der Waals surface area contributed by atoms with E-state index in [1.165, 1.54) is 13.2 Å². The van der Waals surface area contributed by atoms with Crippen LogP contribution in [0.1, 0.15) is 0 Å². The summed E-state index contributed by atoms with van der Waals surface area (Å²) in [6, 6.07) is 10.4. The van der Waals surface area contributed by atoms with Crippen molar-refractivity contribution in [3.63, 3.8) is 0 Å². The molecule has 0 aliphatic carbocycles. The van der Waals surface area contributed by atoms with Crippen LogP contribution in [0, 0.1) is 0 Å². The highest BCUT2D eigenvalue weighted by molar-refractivity contribution is 6.33. The van der Waals surface area contributed by atoms with Crippen LogP contribution in [0.4, 0.5) is 0 Å². The summed E-state index contributed by atoms with van der Waals surface area (Å²) < 4.78 is 12.5. The molecule has 0 radical (unpaired) electrons. The number of aromatic amines is 1. The quantitative estimate of drug-likeness (QED) is 0.447. The number of H-pyrrole nitrogens is 1. The van der Waals surface area contributed by atoms with Crippen molar-refractivity contribution in [2.75, 3.05) is 26.4 Å². The number of fused-ring (bicyclic) bond motifs is 1. The molecule has 1 aliphatic rings. The van der Waals surface area contributed by atoms with Gasteiger partial charge in [-0.25, -0.2) is 14.8 Å². The Morgan fingerprint density at radius 3 is 2.28 bits per heavy atom. The molecule has 166 valence electrons. The molecule has 0 amide bonds. The van der Waals surface area contributed by atoms with Crippen molar-refractivity contribution >= 4 is 34.4 Å². The second-order valence-corrected chi connectivity index (χ2v) is 7.60. The fraction of sp³-hybridized carbons (Fsp3) is 0.238. The van der Waals surface area contributed by atoms with E-state index in [2.05, 4.69) is 15.0 Å². The fourth-order valence-electron chi connectivity index (χ4n) is 3.16. The summed E-state index contributed by atoms with van der Waals surface area (Å²) in [5, 5.41) is 0.781. The third-order valence-corrected chi connectivity index (χ3v) is 5.30. The molecule has 9 nitrogen and oxygen atoms in total. The van der Waals surface area contributed by atoms with Gasteiger partial charge in [0.25, 0.3) is 5.56 Å². The molecule has 1 aromatic carbocycles. The lowest BCUT2D eigenvalue weighted by atomic mass is 10.2. The van der Waals surface area contributed by atoms with Crippen molar-refractivity contribution in [1.82, 2.24) is 24.1 Å². The maximum absolute atomic E-state index is 12.7. The van der Waals surface area contributed by atoms with Crippen LogP contribution in [-0.2, 0) is 16.5 Å². The minimum absolute atomic E-state index is 0.169. The first-order valence-electron chi connectivity index (χ1n) is 9.71. The van der Waals surface area contributed by atoms with Gasteiger partial charge in [0.05, 0.1) is 43.3 Å². The number of halogens is 2. The molecule has 3 aromatic heterocycles. The number of pyridine rings is 1. The number of nitrogens with one attached hydrogen (secondary N) is 1. The molecule has 11 heteroatoms. The van der Waals surface area contributed by atoms with Crippen LogP contribution in [-0.4, -0.2) is 50.5 Å². The number of hydrogen-bond acceptors (Lipinski definition) is 6. The summed E-state index contributed by atoms with van der Waals surface area (Å²) in [7, 11) is 1.40. The molecule has 0 unspecified atom stereocenters. The summed E-state index contributed by atoms with van der Waals surface area (Å²) in [5.41, 5.74) is 0.532. The third kappa shape index (κ3) is 4.46. The van der Waals surface area contributed by atoms with Crippen molar-refractivity contribution in [3.8, 4) is 17.1 Å². The van der Waals surface area contributed by atoms with Crippen LogP contribution in [0.5, 0.6) is 0 Å². The molecule has 32 heavy (non-hydrogen) atoms. The topological polar surface area (TPSA) is 104 Å². The van der Waals surface area contributed by atoms with Gasteiger partial charge in [-0.3, -0.25) is 18.9 Å². The molecule has 0 spiro atoms. The number of rotatable bonds is 2. The molecule has 4 heterocycles. The van der Waals surface area contributed by atoms with Crippen molar-refractivity contribution in [3.05, 3.63) is 73.6 Å². The van der Waals surface area contributed by atoms with E-state index in [4.69, 9.17) is 32.7 Å². The van der Waals surface area contributed by atoms with Gasteiger partial charge < -0.3 is 9.47 Å². The molecule has 4 aromatic rings. The molecule has 1 saturated heterocycles. The lowest BCUT2D eigenvalue weighted by molar-refractivity contribution is -0.0334. The maximum Gasteiger partial charge on any atom is 0.329 e. The minimum atomic E-state index is -0.549. The number of benzene rings is 1. The van der Waals surface area contributed by atoms with Crippen LogP contribution in [0.2, 0.25) is 10.2 Å². The lowest BCUT2D eigenvalue weighted by Crippen LogP contribution is -2.33. The van der Waals surface area contributed by atoms with Gasteiger partial charge in [0.15, 0.2) is 11.2 Å². The molecule has 0 saturated carbocycles. The van der Waals surface area contributed by atoms with Crippen molar-refractivity contribution in [1.29, 1.82) is 0 Å². The first kappa shape index (κ1) is 22.2. The van der Waals surface area contributed by atoms with E-state index in [0.29, 0.717) is 27.3 Å². The first-order chi connectivity index (χ1) is 15.5. The number of imidazole rings is 1. The zero-order chi connectivity index (χ0) is 22.7. The van der Waals surface area contributed by atoms with E-state index in [1.807, 2.05) is 6.07 Å². The Morgan fingerprint density at radius 1 is 1.00 bits per heavy atom. The van der Waals surface area contributed by atoms with Gasteiger partial charge in [-0.1, -0.05) is 35.3 Å². The largest absolute Gasteiger partial charge is 0.377 e. The summed E-state index contributed by atoms with van der Waals surface area (Å²) >= 11 is 12.2. The predicted molar refractivity (Wildman–Crippen MR) is 122 cm³/mol. The van der Waals surface area contributed by atoms with E-state index in [9.17, 15) is 9.59 Å². The van der Waals surface area contributed by atoms with Crippen molar-refractivity contribution < 1.29 is 9.47 Å². The van der Waals surface area contributed by atoms with Crippen LogP contribution in [0.25, 0.3) is 28.2 Å². The van der Waals surface area contributed by atoms with Crippen LogP contribution < -0.4 is 11.2 Å². The zero-order valence-electron chi connectivity index (χ0n) is 17.0. The number of ether oxygens (including phenoxy) is 2. The Balaban J connectivity index is 0.000000354. The molecule has 5 rings (SSSR count). The second kappa shape index (κ2) is 9.66. The van der Waals surface area contributed by atoms with Gasteiger partial charge in [0.2, 0.25) is 0 Å². The monoisotopic (exact) mass is 475 g/mol. The van der Waals surface area contributed by atoms with E-state index >= 15 is 0 Å². The SMILES string of the molecule is C1COCCO1.Cn1c(=O)[nH]c2nc(-c3ccccc3Cl)n(-c3ccc(Cl)nc3)c2c1=O. The third-order valence-electron chi connectivity index (χ3n) is 4.74. The molecular weight excluding hydrogens is 457 g/mol. The van der Waals surface area contributed by atoms with Gasteiger partial charge >= 0.3 is 5.69 Å². The highest BCUT2D eigenvalue weighted by Crippen LogP contribution is 2.30. The Morgan fingerprint density at radius 2 is 1.69 bits per heavy atom. The normalized spacial score (nSPS) is 13.6. The zero-order valence-corrected chi connectivity index (χ0v) is 18.6. The van der Waals surface area contributed by atoms with Gasteiger partial charge in [0.1, 0.15) is 11.0 Å². The van der Waals surface area contributed by atoms with Crippen LogP contribution in [0.3, 0.4) is 0 Å². The number of aromatic nitrogens is 5. The van der Waals surface area contributed by atoms with Crippen LogP contribution in [0.15, 0.2) is 52.2 Å². The van der Waals surface area contributed by atoms with E-state index < -0.39 is 11.2 Å². The van der Waals surface area contributed by atoms with E-state index in [-0.39, 0.29) is 11.2 Å². The van der Waals surface area contributed by atoms with Gasteiger partial charge in [-0.2, -0.15) is 0 Å². The van der Waals surface area contributed by atoms with Crippen molar-refractivity contribution in [2.45, 2.75) is 0 Å². The average Bonchev–Trinajstić information content (AvgIpc) is 3.19. The number of hydrogen-bond donors (Lipinski definition) is 1. The molecule has 0 bridgehead atoms. The van der Waals surface area contributed by atoms with Gasteiger partial charge in [-0.15, -0.1) is 0 Å². The Kier molecular flexibility index (Phi) is 6.71. The number of nitrogens with zero attached hydrogens (tertiary/aromatic N) is 4. The standard InChI is InChI=1S/C17H11Cl2N5O2.C4H8O2/c1-23-16(25)13-14(22-17(23)26)21-15(10-4-2-3-5-11(10)18)24(13)9-6-7-12(19)20-8-9;1-2-6-4-3-5-1/h2-8H,1H3,(H,22,26);1-4H2. The average molecular weight is 476 g/mol. The lowest BCUT2D eigenvalue weighted by Gasteiger charge is -2.10. The Bertz CT molecular complexity index is 1350. The highest BCUT2D eigenvalue weighted by Gasteiger charge is 2.20. The smallest absolute Gasteiger partial charge is 0.329 e. The summed E-state index contributed by atoms with van der Waals surface area (Å²) in [5.74, 6) is 0.411. The highest BCUT2D eigenvalue weighted by atomic mass is 35.5. The van der Waals surface area contributed by atoms with Gasteiger partial charge in [0, 0.05) is 12.6 Å². The molecule has 1 aliphatic heterocycles. The molecular formula is C21H19Cl2N5O4. The molecule has 0 atom stereocenters. The van der Waals surface area contributed by atoms with E-state index in [1.54, 1.807) is 34.9 Å². The second-order valence-electron chi connectivity index (χ2n) is 6.81. The fourth-order valence-corrected chi connectivity index (χ4v) is 3.49. The predicted octanol–water partition coefficient (Wildman–Crippen LogP) is 2.81. The summed E-state index contributed by atoms with van der Waals surface area (Å²) in [6.07, 6.45) is 1.52. The maximum atomic E-state index is 12.7. The van der Waals surface area contributed by atoms with Gasteiger partial charge in [-0.05, 0) is 24.3 Å².